The SMILES string of the molecule is Cc1ccc2c(c1)Cc1cc3c(cc1-2)C(C)(C)c1cc(C)ccc1-3. The average Bonchev–Trinajstić information content (AvgIpc) is 2.99. The summed E-state index contributed by atoms with van der Waals surface area (Å²) in [4.78, 5) is 0. The molecule has 0 heteroatoms. The smallest absolute Gasteiger partial charge is 0.0159 e. The summed E-state index contributed by atoms with van der Waals surface area (Å²) in [6.45, 7) is 9.12. The molecule has 0 radical (unpaired) electrons. The van der Waals surface area contributed by atoms with Crippen molar-refractivity contribution < 1.29 is 0 Å². The maximum absolute atomic E-state index is 2.47. The lowest BCUT2D eigenvalue weighted by Crippen LogP contribution is -2.15. The van der Waals surface area contributed by atoms with Crippen molar-refractivity contribution in [2.45, 2.75) is 39.5 Å². The van der Waals surface area contributed by atoms with Gasteiger partial charge in [-0.2, -0.15) is 0 Å². The molecule has 0 fully saturated rings. The van der Waals surface area contributed by atoms with Crippen LogP contribution in [-0.4, -0.2) is 0 Å². The lowest BCUT2D eigenvalue weighted by atomic mass is 9.81. The Morgan fingerprint density at radius 2 is 1.25 bits per heavy atom. The predicted molar refractivity (Wildman–Crippen MR) is 102 cm³/mol. The molecule has 3 aromatic carbocycles. The Morgan fingerprint density at radius 3 is 2.04 bits per heavy atom. The van der Waals surface area contributed by atoms with E-state index in [1.54, 1.807) is 0 Å². The van der Waals surface area contributed by atoms with E-state index in [2.05, 4.69) is 76.2 Å². The molecule has 118 valence electrons. The molecule has 0 nitrogen and oxygen atoms in total. The molecule has 2 aliphatic carbocycles. The summed E-state index contributed by atoms with van der Waals surface area (Å²) in [6.07, 6.45) is 1.07. The summed E-state index contributed by atoms with van der Waals surface area (Å²) in [5.74, 6) is 0. The Labute approximate surface area is 144 Å². The van der Waals surface area contributed by atoms with Gasteiger partial charge in [0.05, 0.1) is 0 Å². The van der Waals surface area contributed by atoms with Gasteiger partial charge in [-0.25, -0.2) is 0 Å². The second-order valence-corrected chi connectivity index (χ2v) is 8.07. The third kappa shape index (κ3) is 1.69. The first-order valence-electron chi connectivity index (χ1n) is 8.84. The highest BCUT2D eigenvalue weighted by atomic mass is 14.4. The van der Waals surface area contributed by atoms with Crippen LogP contribution >= 0.6 is 0 Å². The van der Waals surface area contributed by atoms with Crippen LogP contribution in [0.25, 0.3) is 22.3 Å². The number of rotatable bonds is 0. The molecule has 0 aromatic heterocycles. The quantitative estimate of drug-likeness (QED) is 0.364. The Morgan fingerprint density at radius 1 is 0.625 bits per heavy atom. The fourth-order valence-electron chi connectivity index (χ4n) is 4.67. The molecule has 0 heterocycles. The van der Waals surface area contributed by atoms with Crippen molar-refractivity contribution in [1.29, 1.82) is 0 Å². The van der Waals surface area contributed by atoms with Gasteiger partial charge in [0.15, 0.2) is 0 Å². The zero-order valence-electron chi connectivity index (χ0n) is 14.8. The maximum Gasteiger partial charge on any atom is 0.0159 e. The topological polar surface area (TPSA) is 0 Å². The van der Waals surface area contributed by atoms with Crippen molar-refractivity contribution in [1.82, 2.24) is 0 Å². The van der Waals surface area contributed by atoms with Crippen LogP contribution in [0.2, 0.25) is 0 Å². The minimum atomic E-state index is 0.0825. The van der Waals surface area contributed by atoms with Crippen LogP contribution in [0.5, 0.6) is 0 Å². The Balaban J connectivity index is 1.78. The highest BCUT2D eigenvalue weighted by molar-refractivity contribution is 5.87. The van der Waals surface area contributed by atoms with Gasteiger partial charge in [0, 0.05) is 5.41 Å². The van der Waals surface area contributed by atoms with Crippen molar-refractivity contribution in [3.63, 3.8) is 0 Å². The molecule has 2 aliphatic rings. The summed E-state index contributed by atoms with van der Waals surface area (Å²) < 4.78 is 0. The molecule has 0 saturated carbocycles. The van der Waals surface area contributed by atoms with Gasteiger partial charge in [0.2, 0.25) is 0 Å². The van der Waals surface area contributed by atoms with Gasteiger partial charge < -0.3 is 0 Å². The van der Waals surface area contributed by atoms with E-state index in [-0.39, 0.29) is 5.41 Å². The standard InChI is InChI=1S/C24H22/c1-14-5-7-18-16(9-14)11-17-12-21-19-8-6-15(2)10-22(19)24(3,4)23(21)13-20(17)18/h5-10,12-13H,11H2,1-4H3. The van der Waals surface area contributed by atoms with Crippen LogP contribution in [0.15, 0.2) is 48.5 Å². The first-order chi connectivity index (χ1) is 11.4. The molecule has 0 atom stereocenters. The van der Waals surface area contributed by atoms with Crippen molar-refractivity contribution >= 4 is 0 Å². The van der Waals surface area contributed by atoms with E-state index in [1.807, 2.05) is 0 Å². The van der Waals surface area contributed by atoms with E-state index in [9.17, 15) is 0 Å². The summed E-state index contributed by atoms with van der Waals surface area (Å²) in [5.41, 5.74) is 14.5. The number of benzene rings is 3. The fourth-order valence-corrected chi connectivity index (χ4v) is 4.67. The molecule has 0 bridgehead atoms. The van der Waals surface area contributed by atoms with Gasteiger partial charge in [0.1, 0.15) is 0 Å². The molecule has 0 unspecified atom stereocenters. The summed E-state index contributed by atoms with van der Waals surface area (Å²) in [7, 11) is 0. The van der Waals surface area contributed by atoms with Crippen molar-refractivity contribution in [3.05, 3.63) is 81.9 Å². The lowest BCUT2D eigenvalue weighted by Gasteiger charge is -2.22. The third-order valence-electron chi connectivity index (χ3n) is 5.99. The zero-order valence-corrected chi connectivity index (χ0v) is 14.8. The van der Waals surface area contributed by atoms with Crippen LogP contribution in [0, 0.1) is 13.8 Å². The molecule has 0 saturated heterocycles. The molecule has 5 rings (SSSR count). The summed E-state index contributed by atoms with van der Waals surface area (Å²) in [6, 6.07) is 18.8. The van der Waals surface area contributed by atoms with Gasteiger partial charge in [-0.15, -0.1) is 0 Å². The average molecular weight is 310 g/mol. The first-order valence-corrected chi connectivity index (χ1v) is 8.84. The van der Waals surface area contributed by atoms with Crippen molar-refractivity contribution in [3.8, 4) is 22.3 Å². The van der Waals surface area contributed by atoms with Gasteiger partial charge in [0.25, 0.3) is 0 Å². The monoisotopic (exact) mass is 310 g/mol. The van der Waals surface area contributed by atoms with Crippen LogP contribution < -0.4 is 0 Å². The van der Waals surface area contributed by atoms with E-state index in [1.165, 1.54) is 55.6 Å². The zero-order chi connectivity index (χ0) is 16.6. The summed E-state index contributed by atoms with van der Waals surface area (Å²) in [5, 5.41) is 0. The first kappa shape index (κ1) is 14.0. The molecule has 3 aromatic rings. The minimum absolute atomic E-state index is 0.0825. The lowest BCUT2D eigenvalue weighted by molar-refractivity contribution is 0.660. The predicted octanol–water partition coefficient (Wildman–Crippen LogP) is 6.18. The van der Waals surface area contributed by atoms with Gasteiger partial charge in [-0.3, -0.25) is 0 Å². The van der Waals surface area contributed by atoms with Crippen LogP contribution in [0.1, 0.15) is 47.2 Å². The van der Waals surface area contributed by atoms with Crippen LogP contribution in [-0.2, 0) is 11.8 Å². The fraction of sp³-hybridized carbons (Fsp3) is 0.250. The molecule has 0 spiro atoms. The van der Waals surface area contributed by atoms with E-state index in [4.69, 9.17) is 0 Å². The van der Waals surface area contributed by atoms with Crippen molar-refractivity contribution in [2.75, 3.05) is 0 Å². The van der Waals surface area contributed by atoms with E-state index < -0.39 is 0 Å². The molecular weight excluding hydrogens is 288 g/mol. The van der Waals surface area contributed by atoms with E-state index in [0.29, 0.717) is 0 Å². The van der Waals surface area contributed by atoms with Gasteiger partial charge in [-0.1, -0.05) is 61.4 Å². The minimum Gasteiger partial charge on any atom is -0.0587 e. The Hall–Kier alpha value is -2.34. The number of hydrogen-bond acceptors (Lipinski definition) is 0. The second-order valence-electron chi connectivity index (χ2n) is 8.07. The molecular formula is C24H22. The Bertz CT molecular complexity index is 1020. The largest absolute Gasteiger partial charge is 0.0587 e. The molecule has 24 heavy (non-hydrogen) atoms. The van der Waals surface area contributed by atoms with Crippen LogP contribution in [0.4, 0.5) is 0 Å². The van der Waals surface area contributed by atoms with E-state index >= 15 is 0 Å². The summed E-state index contributed by atoms with van der Waals surface area (Å²) >= 11 is 0. The molecule has 0 N–H and O–H groups in total. The van der Waals surface area contributed by atoms with Gasteiger partial charge >= 0.3 is 0 Å². The van der Waals surface area contributed by atoms with E-state index in [0.717, 1.165) is 6.42 Å². The highest BCUT2D eigenvalue weighted by Crippen LogP contribution is 2.52. The highest BCUT2D eigenvalue weighted by Gasteiger charge is 2.37. The number of aryl methyl sites for hydroxylation is 2. The number of hydrogen-bond donors (Lipinski definition) is 0. The third-order valence-corrected chi connectivity index (χ3v) is 5.99. The van der Waals surface area contributed by atoms with Crippen molar-refractivity contribution in [2.24, 2.45) is 0 Å². The van der Waals surface area contributed by atoms with Gasteiger partial charge in [-0.05, 0) is 76.9 Å². The normalized spacial score (nSPS) is 15.7. The second kappa shape index (κ2) is 4.39. The van der Waals surface area contributed by atoms with Crippen LogP contribution in [0.3, 0.4) is 0 Å². The molecule has 0 aliphatic heterocycles. The maximum atomic E-state index is 2.47. The molecule has 0 amide bonds. The number of fused-ring (bicyclic) bond motifs is 6. The Kier molecular flexibility index (Phi) is 2.57.